The summed E-state index contributed by atoms with van der Waals surface area (Å²) in [4.78, 5) is 36.0. The summed E-state index contributed by atoms with van der Waals surface area (Å²) in [5.41, 5.74) is 2.22. The Morgan fingerprint density at radius 2 is 1.90 bits per heavy atom. The Kier molecular flexibility index (Phi) is 6.12. The van der Waals surface area contributed by atoms with Crippen molar-refractivity contribution in [2.24, 2.45) is 4.99 Å². The number of allylic oxidation sites excluding steroid dienone is 1. The third-order valence-corrected chi connectivity index (χ3v) is 5.33. The highest BCUT2D eigenvalue weighted by Crippen LogP contribution is 2.36. The smallest absolute Gasteiger partial charge is 0.338 e. The fourth-order valence-corrected chi connectivity index (χ4v) is 3.84. The number of carbonyl (C=O) groups is 2. The molecule has 152 valence electrons. The van der Waals surface area contributed by atoms with E-state index >= 15 is 0 Å². The molecule has 0 saturated carbocycles. The molecule has 0 aliphatic carbocycles. The third kappa shape index (κ3) is 4.07. The second kappa shape index (κ2) is 8.57. The van der Waals surface area contributed by atoms with Crippen molar-refractivity contribution in [2.75, 3.05) is 13.7 Å². The van der Waals surface area contributed by atoms with Gasteiger partial charge < -0.3 is 9.47 Å². The van der Waals surface area contributed by atoms with Crippen molar-refractivity contribution in [1.29, 1.82) is 0 Å². The van der Waals surface area contributed by atoms with Gasteiger partial charge in [0, 0.05) is 18.0 Å². The van der Waals surface area contributed by atoms with Crippen LogP contribution in [0.25, 0.3) is 0 Å². The van der Waals surface area contributed by atoms with Crippen molar-refractivity contribution in [1.82, 2.24) is 9.88 Å². The molecule has 29 heavy (non-hydrogen) atoms. The van der Waals surface area contributed by atoms with Crippen molar-refractivity contribution < 1.29 is 19.1 Å². The highest BCUT2D eigenvalue weighted by Gasteiger charge is 2.36. The number of hydrogen-bond donors (Lipinski definition) is 0. The molecule has 0 unspecified atom stereocenters. The average molecular weight is 413 g/mol. The molecule has 3 rings (SSSR count). The fraction of sp³-hybridized carbons (Fsp3) is 0.333. The number of benzene rings is 1. The predicted octanol–water partition coefficient (Wildman–Crippen LogP) is 3.65. The molecule has 1 atom stereocenters. The van der Waals surface area contributed by atoms with Crippen LogP contribution in [0.1, 0.15) is 43.1 Å². The molecule has 0 saturated heterocycles. The summed E-state index contributed by atoms with van der Waals surface area (Å²) in [6, 6.07) is 6.71. The van der Waals surface area contributed by atoms with Gasteiger partial charge in [-0.25, -0.2) is 9.78 Å². The molecule has 1 aromatic carbocycles. The Morgan fingerprint density at radius 3 is 2.41 bits per heavy atom. The number of aliphatic imine (C=N–C) groups is 1. The lowest BCUT2D eigenvalue weighted by Crippen LogP contribution is -2.40. The Bertz CT molecular complexity index is 992. The molecule has 0 fully saturated rings. The largest absolute Gasteiger partial charge is 0.497 e. The molecule has 0 radical (unpaired) electrons. The Balaban J connectivity index is 2.19. The van der Waals surface area contributed by atoms with Gasteiger partial charge in [0.2, 0.25) is 5.91 Å². The first-order valence-corrected chi connectivity index (χ1v) is 10.1. The first-order valence-electron chi connectivity index (χ1n) is 9.20. The summed E-state index contributed by atoms with van der Waals surface area (Å²) >= 11 is 1.48. The van der Waals surface area contributed by atoms with Crippen LogP contribution in [-0.2, 0) is 14.3 Å². The van der Waals surface area contributed by atoms with Crippen LogP contribution < -0.4 is 4.74 Å². The number of amidine groups is 1. The lowest BCUT2D eigenvalue weighted by Gasteiger charge is -2.32. The molecule has 0 spiro atoms. The van der Waals surface area contributed by atoms with E-state index in [-0.39, 0.29) is 12.5 Å². The molecule has 8 heteroatoms. The van der Waals surface area contributed by atoms with Crippen LogP contribution in [0.15, 0.2) is 45.9 Å². The molecule has 1 aliphatic rings. The summed E-state index contributed by atoms with van der Waals surface area (Å²) in [6.07, 6.45) is 0. The van der Waals surface area contributed by atoms with Gasteiger partial charge in [0.05, 0.1) is 24.3 Å². The molecule has 2 aromatic rings. The fourth-order valence-electron chi connectivity index (χ4n) is 3.25. The van der Waals surface area contributed by atoms with Crippen molar-refractivity contribution in [2.45, 2.75) is 33.7 Å². The van der Waals surface area contributed by atoms with E-state index in [4.69, 9.17) is 14.5 Å². The van der Waals surface area contributed by atoms with Crippen LogP contribution in [0.4, 0.5) is 0 Å². The quantitative estimate of drug-likeness (QED) is 0.699. The number of carbonyl (C=O) groups excluding carboxylic acids is 2. The number of ether oxygens (including phenoxy) is 2. The summed E-state index contributed by atoms with van der Waals surface area (Å²) in [7, 11) is 1.59. The molecule has 1 amide bonds. The van der Waals surface area contributed by atoms with Crippen molar-refractivity contribution in [3.63, 3.8) is 0 Å². The number of thiazole rings is 1. The monoisotopic (exact) mass is 413 g/mol. The zero-order chi connectivity index (χ0) is 21.1. The number of aryl methyl sites for hydroxylation is 1. The van der Waals surface area contributed by atoms with Gasteiger partial charge in [-0.3, -0.25) is 14.7 Å². The number of methoxy groups -OCH3 is 1. The molecule has 0 N–H and O–H groups in total. The highest BCUT2D eigenvalue weighted by atomic mass is 32.1. The Hall–Kier alpha value is -3.00. The van der Waals surface area contributed by atoms with Gasteiger partial charge in [0.1, 0.15) is 17.5 Å². The predicted molar refractivity (Wildman–Crippen MR) is 111 cm³/mol. The lowest BCUT2D eigenvalue weighted by atomic mass is 9.95. The maximum atomic E-state index is 12.8. The van der Waals surface area contributed by atoms with E-state index in [0.29, 0.717) is 28.5 Å². The normalized spacial score (nSPS) is 16.5. The first kappa shape index (κ1) is 20.7. The van der Waals surface area contributed by atoms with E-state index in [1.165, 1.54) is 23.2 Å². The SMILES string of the molecule is CCOC(=O)C1=C(C)N(C(C)=O)C(c2csc(C)n2)=N[C@H]1c1ccc(OC)cc1. The molecular weight excluding hydrogens is 390 g/mol. The number of esters is 1. The molecule has 2 heterocycles. The van der Waals surface area contributed by atoms with Gasteiger partial charge >= 0.3 is 5.97 Å². The van der Waals surface area contributed by atoms with E-state index in [0.717, 1.165) is 10.6 Å². The van der Waals surface area contributed by atoms with Crippen LogP contribution in [-0.4, -0.2) is 41.3 Å². The van der Waals surface area contributed by atoms with Crippen LogP contribution in [0.5, 0.6) is 5.75 Å². The Labute approximate surface area is 173 Å². The van der Waals surface area contributed by atoms with Gasteiger partial charge in [-0.05, 0) is 38.5 Å². The number of amides is 1. The standard InChI is InChI=1S/C21H23N3O4S/c1-6-28-21(26)18-12(2)24(14(4)25)20(17-11-29-13(3)22-17)23-19(18)15-7-9-16(27-5)10-8-15/h7-11,19H,6H2,1-5H3/t19-/m0/s1. The highest BCUT2D eigenvalue weighted by molar-refractivity contribution is 7.09. The van der Waals surface area contributed by atoms with Gasteiger partial charge in [-0.2, -0.15) is 0 Å². The minimum absolute atomic E-state index is 0.229. The van der Waals surface area contributed by atoms with Gasteiger partial charge in [0.15, 0.2) is 5.84 Å². The minimum atomic E-state index is -0.618. The minimum Gasteiger partial charge on any atom is -0.497 e. The van der Waals surface area contributed by atoms with Crippen molar-refractivity contribution >= 4 is 29.0 Å². The number of nitrogens with zero attached hydrogens (tertiary/aromatic N) is 3. The molecule has 0 bridgehead atoms. The zero-order valence-corrected chi connectivity index (χ0v) is 17.9. The summed E-state index contributed by atoms with van der Waals surface area (Å²) in [5, 5.41) is 2.72. The van der Waals surface area contributed by atoms with E-state index < -0.39 is 12.0 Å². The number of aromatic nitrogens is 1. The molecule has 1 aromatic heterocycles. The summed E-state index contributed by atoms with van der Waals surface area (Å²) in [5.74, 6) is 0.386. The topological polar surface area (TPSA) is 81.1 Å². The van der Waals surface area contributed by atoms with E-state index in [9.17, 15) is 9.59 Å². The van der Waals surface area contributed by atoms with E-state index in [2.05, 4.69) is 4.98 Å². The van der Waals surface area contributed by atoms with Crippen LogP contribution in [0, 0.1) is 6.92 Å². The summed E-state index contributed by atoms with van der Waals surface area (Å²) < 4.78 is 10.5. The van der Waals surface area contributed by atoms with E-state index in [1.54, 1.807) is 21.0 Å². The van der Waals surface area contributed by atoms with Crippen molar-refractivity contribution in [3.8, 4) is 5.75 Å². The number of rotatable bonds is 5. The summed E-state index contributed by atoms with van der Waals surface area (Å²) in [6.45, 7) is 7.04. The third-order valence-electron chi connectivity index (χ3n) is 4.55. The lowest BCUT2D eigenvalue weighted by molar-refractivity contribution is -0.139. The van der Waals surface area contributed by atoms with Crippen LogP contribution in [0.3, 0.4) is 0 Å². The average Bonchev–Trinajstić information content (AvgIpc) is 3.13. The molecular formula is C21H23N3O4S. The molecule has 1 aliphatic heterocycles. The van der Waals surface area contributed by atoms with Gasteiger partial charge in [-0.1, -0.05) is 12.1 Å². The second-order valence-corrected chi connectivity index (χ2v) is 7.52. The zero-order valence-electron chi connectivity index (χ0n) is 17.1. The van der Waals surface area contributed by atoms with Crippen LogP contribution in [0.2, 0.25) is 0 Å². The first-order chi connectivity index (χ1) is 13.9. The van der Waals surface area contributed by atoms with Crippen LogP contribution >= 0.6 is 11.3 Å². The van der Waals surface area contributed by atoms with Gasteiger partial charge in [0.25, 0.3) is 0 Å². The number of hydrogen-bond acceptors (Lipinski definition) is 7. The van der Waals surface area contributed by atoms with Gasteiger partial charge in [-0.15, -0.1) is 11.3 Å². The maximum absolute atomic E-state index is 12.8. The van der Waals surface area contributed by atoms with Crippen molar-refractivity contribution in [3.05, 3.63) is 57.2 Å². The van der Waals surface area contributed by atoms with E-state index in [1.807, 2.05) is 36.6 Å². The Morgan fingerprint density at radius 1 is 1.21 bits per heavy atom. The second-order valence-electron chi connectivity index (χ2n) is 6.45. The maximum Gasteiger partial charge on any atom is 0.338 e. The molecule has 7 nitrogen and oxygen atoms in total.